The molecule has 0 aliphatic carbocycles. The molecule has 19 heavy (non-hydrogen) atoms. The lowest BCUT2D eigenvalue weighted by Gasteiger charge is -2.22. The minimum Gasteiger partial charge on any atom is -0.355 e. The maximum atomic E-state index is 12.2. The van der Waals surface area contributed by atoms with Gasteiger partial charge >= 0.3 is 0 Å². The standard InChI is InChI=1S/C12H25ClN2O3S/c1-4-6-14-12(16)9-15(7-5-2)19(17,18)10-11(3)8-13/h11H,4-10H2,1-3H3,(H,14,16). The normalized spacial score (nSPS) is 13.5. The number of carbonyl (C=O) groups excluding carboxylic acids is 1. The fourth-order valence-electron chi connectivity index (χ4n) is 1.56. The maximum absolute atomic E-state index is 12.2. The summed E-state index contributed by atoms with van der Waals surface area (Å²) in [5, 5.41) is 2.69. The van der Waals surface area contributed by atoms with Crippen molar-refractivity contribution in [3.8, 4) is 0 Å². The molecule has 0 fully saturated rings. The van der Waals surface area contributed by atoms with Gasteiger partial charge in [-0.1, -0.05) is 20.8 Å². The van der Waals surface area contributed by atoms with Gasteiger partial charge in [-0.2, -0.15) is 4.31 Å². The average Bonchev–Trinajstić information content (AvgIpc) is 2.35. The summed E-state index contributed by atoms with van der Waals surface area (Å²) in [6.45, 7) is 6.44. The number of sulfonamides is 1. The summed E-state index contributed by atoms with van der Waals surface area (Å²) in [6.07, 6.45) is 1.51. The molecule has 0 aliphatic rings. The van der Waals surface area contributed by atoms with E-state index in [2.05, 4.69) is 5.32 Å². The first-order valence-corrected chi connectivity index (χ1v) is 8.82. The Hall–Kier alpha value is -0.330. The molecule has 1 unspecified atom stereocenters. The summed E-state index contributed by atoms with van der Waals surface area (Å²) in [4.78, 5) is 11.6. The van der Waals surface area contributed by atoms with Crippen LogP contribution in [0.4, 0.5) is 0 Å². The van der Waals surface area contributed by atoms with Gasteiger partial charge in [0, 0.05) is 19.0 Å². The number of rotatable bonds is 10. The molecule has 0 rings (SSSR count). The first-order valence-electron chi connectivity index (χ1n) is 6.67. The van der Waals surface area contributed by atoms with Crippen molar-refractivity contribution >= 4 is 27.5 Å². The molecule has 1 atom stereocenters. The van der Waals surface area contributed by atoms with Crippen LogP contribution in [0.1, 0.15) is 33.6 Å². The molecule has 114 valence electrons. The van der Waals surface area contributed by atoms with Crippen LogP contribution >= 0.6 is 11.6 Å². The van der Waals surface area contributed by atoms with Crippen molar-refractivity contribution in [2.75, 3.05) is 31.3 Å². The summed E-state index contributed by atoms with van der Waals surface area (Å²) in [5.74, 6) is -0.0965. The Balaban J connectivity index is 4.65. The minimum atomic E-state index is -3.43. The molecule has 0 aromatic rings. The summed E-state index contributed by atoms with van der Waals surface area (Å²) in [5.41, 5.74) is 0. The number of nitrogens with zero attached hydrogens (tertiary/aromatic N) is 1. The molecule has 0 saturated heterocycles. The van der Waals surface area contributed by atoms with Gasteiger partial charge in [0.2, 0.25) is 15.9 Å². The van der Waals surface area contributed by atoms with Gasteiger partial charge in [-0.05, 0) is 18.8 Å². The predicted octanol–water partition coefficient (Wildman–Crippen LogP) is 1.43. The lowest BCUT2D eigenvalue weighted by atomic mass is 10.3. The second kappa shape index (κ2) is 9.55. The van der Waals surface area contributed by atoms with E-state index in [0.29, 0.717) is 25.4 Å². The van der Waals surface area contributed by atoms with E-state index in [9.17, 15) is 13.2 Å². The number of alkyl halides is 1. The van der Waals surface area contributed by atoms with Gasteiger partial charge in [0.05, 0.1) is 12.3 Å². The molecule has 0 aliphatic heterocycles. The lowest BCUT2D eigenvalue weighted by molar-refractivity contribution is -0.121. The molecule has 0 saturated carbocycles. The highest BCUT2D eigenvalue weighted by atomic mass is 35.5. The van der Waals surface area contributed by atoms with Crippen LogP contribution in [0.2, 0.25) is 0 Å². The third kappa shape index (κ3) is 7.74. The monoisotopic (exact) mass is 312 g/mol. The summed E-state index contributed by atoms with van der Waals surface area (Å²) >= 11 is 5.65. The second-order valence-corrected chi connectivity index (χ2v) is 7.04. The van der Waals surface area contributed by atoms with Crippen molar-refractivity contribution in [3.05, 3.63) is 0 Å². The number of nitrogens with one attached hydrogen (secondary N) is 1. The summed E-state index contributed by atoms with van der Waals surface area (Å²) in [6, 6.07) is 0. The Morgan fingerprint density at radius 3 is 2.42 bits per heavy atom. The number of carbonyl (C=O) groups is 1. The van der Waals surface area contributed by atoms with E-state index in [0.717, 1.165) is 6.42 Å². The van der Waals surface area contributed by atoms with E-state index in [4.69, 9.17) is 11.6 Å². The Morgan fingerprint density at radius 1 is 1.32 bits per heavy atom. The number of amides is 1. The zero-order valence-corrected chi connectivity index (χ0v) is 13.6. The highest BCUT2D eigenvalue weighted by Crippen LogP contribution is 2.09. The van der Waals surface area contributed by atoms with Crippen molar-refractivity contribution in [2.45, 2.75) is 33.6 Å². The largest absolute Gasteiger partial charge is 0.355 e. The number of hydrogen-bond donors (Lipinski definition) is 1. The molecule has 1 amide bonds. The van der Waals surface area contributed by atoms with E-state index >= 15 is 0 Å². The van der Waals surface area contributed by atoms with E-state index in [1.54, 1.807) is 6.92 Å². The first kappa shape index (κ1) is 18.7. The Bertz CT molecular complexity index is 360. The molecule has 0 aromatic heterocycles. The molecular weight excluding hydrogens is 288 g/mol. The van der Waals surface area contributed by atoms with Crippen LogP contribution in [0, 0.1) is 5.92 Å². The summed E-state index contributed by atoms with van der Waals surface area (Å²) < 4.78 is 25.6. The topological polar surface area (TPSA) is 66.5 Å². The van der Waals surface area contributed by atoms with Gasteiger partial charge in [0.15, 0.2) is 0 Å². The molecular formula is C12H25ClN2O3S. The zero-order chi connectivity index (χ0) is 14.9. The smallest absolute Gasteiger partial charge is 0.235 e. The molecule has 0 spiro atoms. The van der Waals surface area contributed by atoms with Crippen molar-refractivity contribution < 1.29 is 13.2 Å². The van der Waals surface area contributed by atoms with Crippen molar-refractivity contribution in [2.24, 2.45) is 5.92 Å². The van der Waals surface area contributed by atoms with Crippen molar-refractivity contribution in [1.82, 2.24) is 9.62 Å². The Kier molecular flexibility index (Phi) is 9.39. The van der Waals surface area contributed by atoms with Crippen LogP contribution in [0.15, 0.2) is 0 Å². The van der Waals surface area contributed by atoms with E-state index < -0.39 is 10.0 Å². The average molecular weight is 313 g/mol. The van der Waals surface area contributed by atoms with Crippen LogP contribution in [0.3, 0.4) is 0 Å². The third-order valence-electron chi connectivity index (χ3n) is 2.52. The maximum Gasteiger partial charge on any atom is 0.235 e. The van der Waals surface area contributed by atoms with Gasteiger partial charge in [-0.15, -0.1) is 11.6 Å². The third-order valence-corrected chi connectivity index (χ3v) is 5.13. The fraction of sp³-hybridized carbons (Fsp3) is 0.917. The van der Waals surface area contributed by atoms with Gasteiger partial charge in [-0.25, -0.2) is 8.42 Å². The SMILES string of the molecule is CCCNC(=O)CN(CCC)S(=O)(=O)CC(C)CCl. The zero-order valence-electron chi connectivity index (χ0n) is 12.0. The molecule has 0 bridgehead atoms. The van der Waals surface area contributed by atoms with Crippen molar-refractivity contribution in [3.63, 3.8) is 0 Å². The molecule has 1 N–H and O–H groups in total. The van der Waals surface area contributed by atoms with Crippen LogP contribution in [-0.4, -0.2) is 49.9 Å². The van der Waals surface area contributed by atoms with E-state index in [-0.39, 0.29) is 24.1 Å². The molecule has 0 heterocycles. The molecule has 0 radical (unpaired) electrons. The van der Waals surface area contributed by atoms with Crippen LogP contribution < -0.4 is 5.32 Å². The van der Waals surface area contributed by atoms with Crippen molar-refractivity contribution in [1.29, 1.82) is 0 Å². The van der Waals surface area contributed by atoms with E-state index in [1.807, 2.05) is 13.8 Å². The van der Waals surface area contributed by atoms with E-state index in [1.165, 1.54) is 4.31 Å². The highest BCUT2D eigenvalue weighted by molar-refractivity contribution is 7.89. The Labute approximate surface area is 121 Å². The number of hydrogen-bond acceptors (Lipinski definition) is 3. The van der Waals surface area contributed by atoms with Gasteiger partial charge in [0.1, 0.15) is 0 Å². The van der Waals surface area contributed by atoms with Crippen LogP contribution in [-0.2, 0) is 14.8 Å². The second-order valence-electron chi connectivity index (χ2n) is 4.72. The van der Waals surface area contributed by atoms with Gasteiger partial charge < -0.3 is 5.32 Å². The fourth-order valence-corrected chi connectivity index (χ4v) is 3.62. The predicted molar refractivity (Wildman–Crippen MR) is 78.8 cm³/mol. The number of halogens is 1. The van der Waals surface area contributed by atoms with Crippen LogP contribution in [0.25, 0.3) is 0 Å². The van der Waals surface area contributed by atoms with Gasteiger partial charge in [-0.3, -0.25) is 4.79 Å². The summed E-state index contributed by atoms with van der Waals surface area (Å²) in [7, 11) is -3.43. The van der Waals surface area contributed by atoms with Crippen LogP contribution in [0.5, 0.6) is 0 Å². The molecule has 5 nitrogen and oxygen atoms in total. The molecule has 0 aromatic carbocycles. The minimum absolute atomic E-state index is 0.0163. The lowest BCUT2D eigenvalue weighted by Crippen LogP contribution is -2.43. The quantitative estimate of drug-likeness (QED) is 0.621. The molecule has 7 heteroatoms. The Morgan fingerprint density at radius 2 is 1.95 bits per heavy atom. The van der Waals surface area contributed by atoms with Gasteiger partial charge in [0.25, 0.3) is 0 Å². The first-order chi connectivity index (χ1) is 8.87. The highest BCUT2D eigenvalue weighted by Gasteiger charge is 2.25.